The molecule has 0 aromatic carbocycles. The molecule has 0 aromatic heterocycles. The van der Waals surface area contributed by atoms with Crippen LogP contribution in [0.1, 0.15) is 34.6 Å². The van der Waals surface area contributed by atoms with E-state index in [1.54, 1.807) is 24.3 Å². The van der Waals surface area contributed by atoms with E-state index in [1.807, 2.05) is 71.1 Å². The fourth-order valence-electron chi connectivity index (χ4n) is 1.25. The van der Waals surface area contributed by atoms with Crippen molar-refractivity contribution < 1.29 is 4.79 Å². The molecule has 1 nitrogen and oxygen atoms in total. The minimum Gasteiger partial charge on any atom is -0.290 e. The number of rotatable bonds is 7. The zero-order valence-corrected chi connectivity index (χ0v) is 14.0. The van der Waals surface area contributed by atoms with Crippen LogP contribution in [0.3, 0.4) is 0 Å². The summed E-state index contributed by atoms with van der Waals surface area (Å²) in [5.41, 5.74) is 1.91. The van der Waals surface area contributed by atoms with Crippen LogP contribution in [0.4, 0.5) is 0 Å². The average molecular weight is 284 g/mol. The van der Waals surface area contributed by atoms with Crippen LogP contribution in [0, 0.1) is 0 Å². The topological polar surface area (TPSA) is 17.1 Å². The molecule has 0 N–H and O–H groups in total. The summed E-state index contributed by atoms with van der Waals surface area (Å²) in [7, 11) is 0. The van der Waals surface area contributed by atoms with Gasteiger partial charge in [-0.1, -0.05) is 75.1 Å². The van der Waals surface area contributed by atoms with E-state index < -0.39 is 0 Å². The van der Waals surface area contributed by atoms with E-state index in [9.17, 15) is 4.79 Å². The summed E-state index contributed by atoms with van der Waals surface area (Å²) in [6.45, 7) is 13.5. The Kier molecular flexibility index (Phi) is 16.0. The molecule has 0 aliphatic carbocycles. The highest BCUT2D eigenvalue weighted by molar-refractivity contribution is 5.99. The summed E-state index contributed by atoms with van der Waals surface area (Å²) in [5.74, 6) is -0.0444. The third-order valence-electron chi connectivity index (χ3n) is 2.29. The summed E-state index contributed by atoms with van der Waals surface area (Å²) in [5, 5.41) is 0. The normalized spacial score (nSPS) is 13.2. The molecule has 0 saturated heterocycles. The predicted molar refractivity (Wildman–Crippen MR) is 96.3 cm³/mol. The van der Waals surface area contributed by atoms with Crippen molar-refractivity contribution in [2.75, 3.05) is 0 Å². The summed E-state index contributed by atoms with van der Waals surface area (Å²) < 4.78 is 0. The maximum Gasteiger partial charge on any atom is 0.178 e. The fraction of sp³-hybridized carbons (Fsp3) is 0.250. The molecule has 0 radical (unpaired) electrons. The minimum absolute atomic E-state index is 0.0444. The van der Waals surface area contributed by atoms with Gasteiger partial charge in [-0.2, -0.15) is 0 Å². The van der Waals surface area contributed by atoms with Gasteiger partial charge in [-0.05, 0) is 44.1 Å². The Morgan fingerprint density at radius 1 is 0.810 bits per heavy atom. The zero-order chi connectivity index (χ0) is 16.5. The number of allylic oxidation sites excluding steroid dienone is 13. The Labute approximate surface area is 130 Å². The largest absolute Gasteiger partial charge is 0.290 e. The van der Waals surface area contributed by atoms with Crippen molar-refractivity contribution in [1.82, 2.24) is 0 Å². The number of carbonyl (C=O) groups excluding carboxylic acids is 1. The molecule has 114 valence electrons. The summed E-state index contributed by atoms with van der Waals surface area (Å²) >= 11 is 0. The molecule has 0 atom stereocenters. The molecule has 0 heterocycles. The molecule has 0 fully saturated rings. The molecule has 0 bridgehead atoms. The molecule has 1 heteroatoms. The summed E-state index contributed by atoms with van der Waals surface area (Å²) in [6, 6.07) is 0. The van der Waals surface area contributed by atoms with Crippen molar-refractivity contribution in [2.24, 2.45) is 0 Å². The van der Waals surface area contributed by atoms with E-state index in [1.165, 1.54) is 6.08 Å². The van der Waals surface area contributed by atoms with E-state index >= 15 is 0 Å². The number of hydrogen-bond donors (Lipinski definition) is 0. The molecule has 0 saturated carbocycles. The van der Waals surface area contributed by atoms with Gasteiger partial charge in [0.25, 0.3) is 0 Å². The quantitative estimate of drug-likeness (QED) is 0.420. The van der Waals surface area contributed by atoms with Crippen LogP contribution < -0.4 is 0 Å². The average Bonchev–Trinajstić information content (AvgIpc) is 2.53. The van der Waals surface area contributed by atoms with Crippen molar-refractivity contribution in [2.45, 2.75) is 34.6 Å². The van der Waals surface area contributed by atoms with Gasteiger partial charge in [0, 0.05) is 0 Å². The summed E-state index contributed by atoms with van der Waals surface area (Å²) in [6.07, 6.45) is 19.9. The van der Waals surface area contributed by atoms with Crippen molar-refractivity contribution in [1.29, 1.82) is 0 Å². The third kappa shape index (κ3) is 12.6. The lowest BCUT2D eigenvalue weighted by Gasteiger charge is -1.91. The first-order valence-electron chi connectivity index (χ1n) is 7.32. The lowest BCUT2D eigenvalue weighted by molar-refractivity contribution is -0.110. The number of hydrogen-bond acceptors (Lipinski definition) is 1. The molecule has 0 spiro atoms. The van der Waals surface area contributed by atoms with E-state index in [4.69, 9.17) is 0 Å². The van der Waals surface area contributed by atoms with Gasteiger partial charge in [-0.3, -0.25) is 4.79 Å². The van der Waals surface area contributed by atoms with Gasteiger partial charge < -0.3 is 0 Å². The first-order chi connectivity index (χ1) is 10.2. The Balaban J connectivity index is 0. The van der Waals surface area contributed by atoms with Crippen LogP contribution in [0.15, 0.2) is 84.6 Å². The molecular weight excluding hydrogens is 256 g/mol. The molecule has 0 aliphatic heterocycles. The number of carbonyl (C=O) groups is 1. The van der Waals surface area contributed by atoms with E-state index in [2.05, 4.69) is 6.58 Å². The second-order valence-corrected chi connectivity index (χ2v) is 3.75. The van der Waals surface area contributed by atoms with Crippen molar-refractivity contribution >= 4 is 5.78 Å². The predicted octanol–water partition coefficient (Wildman–Crippen LogP) is 5.91. The van der Waals surface area contributed by atoms with Gasteiger partial charge in [-0.15, -0.1) is 0 Å². The molecule has 21 heavy (non-hydrogen) atoms. The van der Waals surface area contributed by atoms with E-state index in [-0.39, 0.29) is 5.78 Å². The van der Waals surface area contributed by atoms with Gasteiger partial charge in [0.2, 0.25) is 0 Å². The lowest BCUT2D eigenvalue weighted by atomic mass is 10.1. The lowest BCUT2D eigenvalue weighted by Crippen LogP contribution is -1.86. The van der Waals surface area contributed by atoms with Crippen LogP contribution in [-0.2, 0) is 4.79 Å². The Hall–Kier alpha value is -2.15. The summed E-state index contributed by atoms with van der Waals surface area (Å²) in [4.78, 5) is 11.7. The van der Waals surface area contributed by atoms with Crippen LogP contribution in [0.25, 0.3) is 0 Å². The third-order valence-corrected chi connectivity index (χ3v) is 2.29. The first-order valence-corrected chi connectivity index (χ1v) is 7.32. The van der Waals surface area contributed by atoms with Crippen molar-refractivity contribution in [3.63, 3.8) is 0 Å². The zero-order valence-electron chi connectivity index (χ0n) is 14.0. The number of ketones is 1. The molecule has 0 unspecified atom stereocenters. The Morgan fingerprint density at radius 2 is 1.38 bits per heavy atom. The Bertz CT molecular complexity index is 466. The van der Waals surface area contributed by atoms with Gasteiger partial charge in [0.1, 0.15) is 0 Å². The monoisotopic (exact) mass is 284 g/mol. The first kappa shape index (κ1) is 21.2. The molecule has 0 aromatic rings. The van der Waals surface area contributed by atoms with Gasteiger partial charge in [-0.25, -0.2) is 0 Å². The van der Waals surface area contributed by atoms with Crippen molar-refractivity contribution in [3.05, 3.63) is 84.6 Å². The van der Waals surface area contributed by atoms with Crippen LogP contribution in [0.2, 0.25) is 0 Å². The molecular formula is C20H28O. The van der Waals surface area contributed by atoms with Crippen molar-refractivity contribution in [3.8, 4) is 0 Å². The SMILES string of the molecule is C=CC(/C=C/C(=O)/C=C/C(/C=C\C)=C/C)=C\C=C/C.CC. The second kappa shape index (κ2) is 15.9. The highest BCUT2D eigenvalue weighted by atomic mass is 16.1. The van der Waals surface area contributed by atoms with Gasteiger partial charge in [0.15, 0.2) is 5.78 Å². The smallest absolute Gasteiger partial charge is 0.178 e. The maximum absolute atomic E-state index is 11.7. The van der Waals surface area contributed by atoms with E-state index in [0.29, 0.717) is 0 Å². The molecule has 0 aliphatic rings. The van der Waals surface area contributed by atoms with Crippen LogP contribution in [0.5, 0.6) is 0 Å². The second-order valence-electron chi connectivity index (χ2n) is 3.75. The molecule has 0 amide bonds. The van der Waals surface area contributed by atoms with E-state index in [0.717, 1.165) is 11.1 Å². The van der Waals surface area contributed by atoms with Gasteiger partial charge >= 0.3 is 0 Å². The van der Waals surface area contributed by atoms with Crippen LogP contribution in [-0.4, -0.2) is 5.78 Å². The standard InChI is InChI=1S/C18H22O.C2H6/c1-5-9-11-17(8-4)13-15-18(19)14-12-16(7-3)10-6-2;1-2/h5-15H,4H2,1-3H3;1-2H3/b9-5-,10-6-,14-12+,15-13+,16-7+,17-11+;. The maximum atomic E-state index is 11.7. The minimum atomic E-state index is -0.0444. The Morgan fingerprint density at radius 3 is 1.81 bits per heavy atom. The van der Waals surface area contributed by atoms with Crippen LogP contribution >= 0.6 is 0 Å². The molecule has 0 rings (SSSR count). The highest BCUT2D eigenvalue weighted by Gasteiger charge is 1.90. The highest BCUT2D eigenvalue weighted by Crippen LogP contribution is 2.02. The fourth-order valence-corrected chi connectivity index (χ4v) is 1.25. The van der Waals surface area contributed by atoms with Gasteiger partial charge in [0.05, 0.1) is 0 Å².